The first-order valence-corrected chi connectivity index (χ1v) is 6.62. The summed E-state index contributed by atoms with van der Waals surface area (Å²) in [4.78, 5) is 20.2. The van der Waals surface area contributed by atoms with Crippen LogP contribution < -0.4 is 11.5 Å². The molecule has 0 saturated heterocycles. The third-order valence-corrected chi connectivity index (χ3v) is 2.50. The highest BCUT2D eigenvalue weighted by atomic mass is 16.4. The van der Waals surface area contributed by atoms with Crippen LogP contribution in [0.15, 0.2) is 36.4 Å². The maximum absolute atomic E-state index is 10.1. The third kappa shape index (κ3) is 11.4. The van der Waals surface area contributed by atoms with Crippen LogP contribution in [0.3, 0.4) is 0 Å². The summed E-state index contributed by atoms with van der Waals surface area (Å²) in [5.41, 5.74) is 11.3. The Morgan fingerprint density at radius 2 is 1.76 bits per heavy atom. The summed E-state index contributed by atoms with van der Waals surface area (Å²) in [5.74, 6) is -1.86. The minimum Gasteiger partial charge on any atom is -0.480 e. The van der Waals surface area contributed by atoms with Gasteiger partial charge in [-0.15, -0.1) is 0 Å². The average Bonchev–Trinajstić information content (AvgIpc) is 2.47. The second-order valence-corrected chi connectivity index (χ2v) is 4.31. The van der Waals surface area contributed by atoms with Gasteiger partial charge in [-0.3, -0.25) is 4.79 Å². The number of unbranched alkanes of at least 4 members (excludes halogenated alkanes) is 1. The molecule has 0 aliphatic rings. The summed E-state index contributed by atoms with van der Waals surface area (Å²) < 4.78 is 0. The van der Waals surface area contributed by atoms with Crippen LogP contribution in [0.25, 0.3) is 6.08 Å². The number of rotatable bonds is 7. The maximum Gasteiger partial charge on any atom is 0.328 e. The molecule has 0 fully saturated rings. The van der Waals surface area contributed by atoms with Crippen molar-refractivity contribution < 1.29 is 19.8 Å². The van der Waals surface area contributed by atoms with Crippen LogP contribution in [-0.4, -0.2) is 34.7 Å². The molecule has 0 saturated carbocycles. The molecule has 1 atom stereocenters. The molecule has 0 amide bonds. The molecule has 0 radical (unpaired) electrons. The number of aliphatic carboxylic acids is 2. The van der Waals surface area contributed by atoms with E-state index in [1.54, 1.807) is 6.08 Å². The zero-order valence-electron chi connectivity index (χ0n) is 11.8. The fourth-order valence-corrected chi connectivity index (χ4v) is 1.36. The Balaban J connectivity index is 0.000000384. The Hall–Kier alpha value is -2.18. The fraction of sp³-hybridized carbons (Fsp3) is 0.333. The molecule has 0 unspecified atom stereocenters. The lowest BCUT2D eigenvalue weighted by Gasteiger charge is -2.03. The third-order valence-electron chi connectivity index (χ3n) is 2.50. The zero-order valence-corrected chi connectivity index (χ0v) is 11.8. The SMILES string of the molecule is NCCCC[C@H](N)C(=O)O.O=C(O)C=Cc1ccccc1. The van der Waals surface area contributed by atoms with Crippen molar-refractivity contribution in [2.24, 2.45) is 11.5 Å². The number of hydrogen-bond donors (Lipinski definition) is 4. The van der Waals surface area contributed by atoms with Crippen LogP contribution in [0, 0.1) is 0 Å². The van der Waals surface area contributed by atoms with Gasteiger partial charge in [0.05, 0.1) is 0 Å². The summed E-state index contributed by atoms with van der Waals surface area (Å²) >= 11 is 0. The van der Waals surface area contributed by atoms with E-state index >= 15 is 0 Å². The molecule has 1 aromatic rings. The van der Waals surface area contributed by atoms with Crippen LogP contribution in [-0.2, 0) is 9.59 Å². The van der Waals surface area contributed by atoms with E-state index in [1.807, 2.05) is 30.3 Å². The predicted molar refractivity (Wildman–Crippen MR) is 81.6 cm³/mol. The number of carboxylic acid groups (broad SMARTS) is 2. The van der Waals surface area contributed by atoms with E-state index in [0.29, 0.717) is 13.0 Å². The van der Waals surface area contributed by atoms with Crippen LogP contribution in [0.4, 0.5) is 0 Å². The monoisotopic (exact) mass is 294 g/mol. The minimum atomic E-state index is -0.933. The number of hydrogen-bond acceptors (Lipinski definition) is 4. The molecule has 0 aliphatic carbocycles. The van der Waals surface area contributed by atoms with Gasteiger partial charge in [0.15, 0.2) is 0 Å². The first-order valence-electron chi connectivity index (χ1n) is 6.62. The molecule has 6 heteroatoms. The molecule has 21 heavy (non-hydrogen) atoms. The maximum atomic E-state index is 10.1. The number of nitrogens with two attached hydrogens (primary N) is 2. The Labute approximate surface area is 124 Å². The first kappa shape index (κ1) is 18.8. The molecule has 1 aromatic carbocycles. The van der Waals surface area contributed by atoms with Gasteiger partial charge in [-0.2, -0.15) is 0 Å². The van der Waals surface area contributed by atoms with Crippen molar-refractivity contribution in [3.8, 4) is 0 Å². The lowest BCUT2D eigenvalue weighted by molar-refractivity contribution is -0.138. The fourth-order valence-electron chi connectivity index (χ4n) is 1.36. The summed E-state index contributed by atoms with van der Waals surface area (Å²) in [7, 11) is 0. The lowest BCUT2D eigenvalue weighted by Crippen LogP contribution is -2.29. The van der Waals surface area contributed by atoms with Gasteiger partial charge in [0.25, 0.3) is 0 Å². The van der Waals surface area contributed by atoms with Crippen molar-refractivity contribution in [1.29, 1.82) is 0 Å². The van der Waals surface area contributed by atoms with Crippen molar-refractivity contribution >= 4 is 18.0 Å². The molecule has 6 nitrogen and oxygen atoms in total. The quantitative estimate of drug-likeness (QED) is 0.443. The van der Waals surface area contributed by atoms with Gasteiger partial charge in [-0.25, -0.2) is 4.79 Å². The summed E-state index contributed by atoms with van der Waals surface area (Å²) in [6.45, 7) is 0.604. The van der Waals surface area contributed by atoms with E-state index in [1.165, 1.54) is 0 Å². The largest absolute Gasteiger partial charge is 0.480 e. The van der Waals surface area contributed by atoms with Crippen LogP contribution in [0.1, 0.15) is 24.8 Å². The molecule has 0 heterocycles. The molecule has 6 N–H and O–H groups in total. The highest BCUT2D eigenvalue weighted by molar-refractivity contribution is 5.85. The van der Waals surface area contributed by atoms with Crippen LogP contribution >= 0.6 is 0 Å². The predicted octanol–water partition coefficient (Wildman–Crippen LogP) is 1.31. The first-order chi connectivity index (χ1) is 9.97. The van der Waals surface area contributed by atoms with Crippen LogP contribution in [0.5, 0.6) is 0 Å². The van der Waals surface area contributed by atoms with Crippen LogP contribution in [0.2, 0.25) is 0 Å². The molecule has 0 spiro atoms. The van der Waals surface area contributed by atoms with E-state index in [2.05, 4.69) is 0 Å². The van der Waals surface area contributed by atoms with E-state index < -0.39 is 18.0 Å². The second kappa shape index (κ2) is 11.6. The minimum absolute atomic E-state index is 0.520. The average molecular weight is 294 g/mol. The molecular weight excluding hydrogens is 272 g/mol. The lowest BCUT2D eigenvalue weighted by atomic mass is 10.1. The van der Waals surface area contributed by atoms with Crippen molar-refractivity contribution in [2.75, 3.05) is 6.54 Å². The molecule has 0 aromatic heterocycles. The van der Waals surface area contributed by atoms with Crippen molar-refractivity contribution in [2.45, 2.75) is 25.3 Å². The Kier molecular flexibility index (Phi) is 10.4. The smallest absolute Gasteiger partial charge is 0.328 e. The van der Waals surface area contributed by atoms with E-state index in [4.69, 9.17) is 21.7 Å². The molecule has 0 aliphatic heterocycles. The van der Waals surface area contributed by atoms with Gasteiger partial charge in [0.2, 0.25) is 0 Å². The topological polar surface area (TPSA) is 127 Å². The number of carbonyl (C=O) groups is 2. The van der Waals surface area contributed by atoms with Crippen molar-refractivity contribution in [3.05, 3.63) is 42.0 Å². The molecule has 116 valence electrons. The highest BCUT2D eigenvalue weighted by Gasteiger charge is 2.09. The standard InChI is InChI=1S/C9H8O2.C6H14N2O2/c10-9(11)7-6-8-4-2-1-3-5-8;7-4-2-1-3-5(8)6(9)10/h1-7H,(H,10,11);5H,1-4,7-8H2,(H,9,10)/t;5-/m.0/s1. The Bertz CT molecular complexity index is 446. The van der Waals surface area contributed by atoms with E-state index in [0.717, 1.165) is 24.5 Å². The van der Waals surface area contributed by atoms with Crippen molar-refractivity contribution in [3.63, 3.8) is 0 Å². The highest BCUT2D eigenvalue weighted by Crippen LogP contribution is 2.00. The number of carboxylic acids is 2. The second-order valence-electron chi connectivity index (χ2n) is 4.31. The molecular formula is C15H22N2O4. The van der Waals surface area contributed by atoms with Gasteiger partial charge in [0, 0.05) is 6.08 Å². The molecule has 0 bridgehead atoms. The Morgan fingerprint density at radius 3 is 2.24 bits per heavy atom. The summed E-state index contributed by atoms with van der Waals surface area (Å²) in [6, 6.07) is 8.59. The van der Waals surface area contributed by atoms with Gasteiger partial charge in [-0.1, -0.05) is 36.8 Å². The van der Waals surface area contributed by atoms with E-state index in [9.17, 15) is 9.59 Å². The van der Waals surface area contributed by atoms with Gasteiger partial charge < -0.3 is 21.7 Å². The zero-order chi connectivity index (χ0) is 16.1. The summed E-state index contributed by atoms with van der Waals surface area (Å²) in [6.07, 6.45) is 4.84. The molecule has 1 rings (SSSR count). The van der Waals surface area contributed by atoms with Gasteiger partial charge in [0.1, 0.15) is 6.04 Å². The Morgan fingerprint density at radius 1 is 1.14 bits per heavy atom. The normalized spacial score (nSPS) is 11.5. The van der Waals surface area contributed by atoms with E-state index in [-0.39, 0.29) is 0 Å². The van der Waals surface area contributed by atoms with Gasteiger partial charge >= 0.3 is 11.9 Å². The van der Waals surface area contributed by atoms with Crippen molar-refractivity contribution in [1.82, 2.24) is 0 Å². The van der Waals surface area contributed by atoms with Gasteiger partial charge in [-0.05, 0) is 31.0 Å². The number of benzene rings is 1. The summed E-state index contributed by atoms with van der Waals surface area (Å²) in [5, 5.41) is 16.6.